The summed E-state index contributed by atoms with van der Waals surface area (Å²) in [6.07, 6.45) is 6.40. The van der Waals surface area contributed by atoms with E-state index >= 15 is 0 Å². The highest BCUT2D eigenvalue weighted by Crippen LogP contribution is 2.39. The largest absolute Gasteiger partial charge is 0.366 e. The standard InChI is InChI=1S/C16H23FN2/c1-11(18)13-6-7-16(14(17)10-13)19-9-8-12-4-2-3-5-15(12)19/h6-7,10-12,15H,2-5,8-9,18H2,1H3. The molecule has 0 amide bonds. The van der Waals surface area contributed by atoms with Gasteiger partial charge < -0.3 is 10.6 Å². The molecule has 104 valence electrons. The van der Waals surface area contributed by atoms with Gasteiger partial charge in [0, 0.05) is 18.6 Å². The van der Waals surface area contributed by atoms with Crippen molar-refractivity contribution >= 4 is 5.69 Å². The van der Waals surface area contributed by atoms with Crippen LogP contribution in [-0.4, -0.2) is 12.6 Å². The summed E-state index contributed by atoms with van der Waals surface area (Å²) in [5.41, 5.74) is 7.46. The Labute approximate surface area is 114 Å². The first-order valence-electron chi connectivity index (χ1n) is 7.48. The molecule has 3 unspecified atom stereocenters. The molecule has 19 heavy (non-hydrogen) atoms. The minimum atomic E-state index is -0.110. The molecule has 1 aliphatic carbocycles. The van der Waals surface area contributed by atoms with Gasteiger partial charge >= 0.3 is 0 Å². The fourth-order valence-corrected chi connectivity index (χ4v) is 3.74. The molecule has 0 spiro atoms. The summed E-state index contributed by atoms with van der Waals surface area (Å²) in [6, 6.07) is 5.95. The summed E-state index contributed by atoms with van der Waals surface area (Å²) < 4.78 is 14.3. The zero-order valence-corrected chi connectivity index (χ0v) is 11.6. The van der Waals surface area contributed by atoms with Crippen molar-refractivity contribution in [2.45, 2.75) is 51.1 Å². The van der Waals surface area contributed by atoms with Gasteiger partial charge in [0.2, 0.25) is 0 Å². The Morgan fingerprint density at radius 2 is 2.05 bits per heavy atom. The van der Waals surface area contributed by atoms with Crippen LogP contribution in [-0.2, 0) is 0 Å². The minimum Gasteiger partial charge on any atom is -0.366 e. The maximum Gasteiger partial charge on any atom is 0.146 e. The first-order valence-corrected chi connectivity index (χ1v) is 7.48. The highest BCUT2D eigenvalue weighted by molar-refractivity contribution is 5.51. The summed E-state index contributed by atoms with van der Waals surface area (Å²) in [7, 11) is 0. The second-order valence-electron chi connectivity index (χ2n) is 6.09. The van der Waals surface area contributed by atoms with Gasteiger partial charge in [0.15, 0.2) is 0 Å². The van der Waals surface area contributed by atoms with Crippen molar-refractivity contribution < 1.29 is 4.39 Å². The van der Waals surface area contributed by atoms with Crippen molar-refractivity contribution in [3.05, 3.63) is 29.6 Å². The third-order valence-electron chi connectivity index (χ3n) is 4.82. The number of rotatable bonds is 2. The lowest BCUT2D eigenvalue weighted by Crippen LogP contribution is -2.35. The van der Waals surface area contributed by atoms with Crippen LogP contribution in [0.5, 0.6) is 0 Å². The predicted octanol–water partition coefficient (Wildman–Crippen LogP) is 3.61. The maximum absolute atomic E-state index is 14.3. The highest BCUT2D eigenvalue weighted by Gasteiger charge is 2.36. The van der Waals surface area contributed by atoms with E-state index in [0.717, 1.165) is 23.7 Å². The van der Waals surface area contributed by atoms with Gasteiger partial charge in [-0.3, -0.25) is 0 Å². The number of anilines is 1. The van der Waals surface area contributed by atoms with Gasteiger partial charge in [-0.25, -0.2) is 4.39 Å². The number of nitrogens with zero attached hydrogens (tertiary/aromatic N) is 1. The van der Waals surface area contributed by atoms with Crippen molar-refractivity contribution in [2.75, 3.05) is 11.4 Å². The Morgan fingerprint density at radius 3 is 2.79 bits per heavy atom. The molecule has 2 fully saturated rings. The van der Waals surface area contributed by atoms with Crippen molar-refractivity contribution in [3.63, 3.8) is 0 Å². The lowest BCUT2D eigenvalue weighted by Gasteiger charge is -2.33. The Hall–Kier alpha value is -1.09. The summed E-state index contributed by atoms with van der Waals surface area (Å²) in [6.45, 7) is 2.89. The lowest BCUT2D eigenvalue weighted by atomic mass is 9.85. The second-order valence-corrected chi connectivity index (χ2v) is 6.09. The van der Waals surface area contributed by atoms with Crippen molar-refractivity contribution in [2.24, 2.45) is 11.7 Å². The summed E-state index contributed by atoms with van der Waals surface area (Å²) in [5, 5.41) is 0. The SMILES string of the molecule is CC(N)c1ccc(N2CCC3CCCCC32)c(F)c1. The average Bonchev–Trinajstić information content (AvgIpc) is 2.82. The van der Waals surface area contributed by atoms with E-state index in [1.807, 2.05) is 19.1 Å². The monoisotopic (exact) mass is 262 g/mol. The number of nitrogens with two attached hydrogens (primary N) is 1. The molecular weight excluding hydrogens is 239 g/mol. The van der Waals surface area contributed by atoms with Crippen molar-refractivity contribution in [3.8, 4) is 0 Å². The number of hydrogen-bond acceptors (Lipinski definition) is 2. The number of benzene rings is 1. The van der Waals surface area contributed by atoms with E-state index in [9.17, 15) is 4.39 Å². The molecule has 3 heteroatoms. The molecule has 1 saturated heterocycles. The van der Waals surface area contributed by atoms with E-state index in [2.05, 4.69) is 4.90 Å². The van der Waals surface area contributed by atoms with Gasteiger partial charge in [0.25, 0.3) is 0 Å². The molecule has 1 heterocycles. The molecule has 0 radical (unpaired) electrons. The van der Waals surface area contributed by atoms with Crippen LogP contribution in [0, 0.1) is 11.7 Å². The van der Waals surface area contributed by atoms with Gasteiger partial charge in [-0.05, 0) is 49.8 Å². The van der Waals surface area contributed by atoms with E-state index in [0.29, 0.717) is 6.04 Å². The third kappa shape index (κ3) is 2.36. The quantitative estimate of drug-likeness (QED) is 0.882. The maximum atomic E-state index is 14.3. The molecule has 1 aliphatic heterocycles. The predicted molar refractivity (Wildman–Crippen MR) is 76.7 cm³/mol. The molecule has 3 atom stereocenters. The first kappa shape index (κ1) is 12.9. The molecule has 2 aliphatic rings. The molecule has 1 aromatic carbocycles. The van der Waals surface area contributed by atoms with E-state index in [4.69, 9.17) is 5.73 Å². The Bertz CT molecular complexity index is 458. The number of halogens is 1. The Morgan fingerprint density at radius 1 is 1.26 bits per heavy atom. The third-order valence-corrected chi connectivity index (χ3v) is 4.82. The Balaban J connectivity index is 1.86. The van der Waals surface area contributed by atoms with E-state index in [-0.39, 0.29) is 11.9 Å². The minimum absolute atomic E-state index is 0.107. The Kier molecular flexibility index (Phi) is 3.48. The molecule has 2 nitrogen and oxygen atoms in total. The highest BCUT2D eigenvalue weighted by atomic mass is 19.1. The molecule has 3 rings (SSSR count). The first-order chi connectivity index (χ1) is 9.16. The fraction of sp³-hybridized carbons (Fsp3) is 0.625. The molecule has 1 saturated carbocycles. The van der Waals surface area contributed by atoms with Crippen LogP contribution < -0.4 is 10.6 Å². The topological polar surface area (TPSA) is 29.3 Å². The van der Waals surface area contributed by atoms with Gasteiger partial charge in [-0.2, -0.15) is 0 Å². The van der Waals surface area contributed by atoms with Crippen molar-refractivity contribution in [1.29, 1.82) is 0 Å². The van der Waals surface area contributed by atoms with Crippen LogP contribution in [0.1, 0.15) is 50.6 Å². The van der Waals surface area contributed by atoms with E-state index < -0.39 is 0 Å². The van der Waals surface area contributed by atoms with Gasteiger partial charge in [-0.1, -0.05) is 18.9 Å². The van der Waals surface area contributed by atoms with Crippen LogP contribution in [0.25, 0.3) is 0 Å². The lowest BCUT2D eigenvalue weighted by molar-refractivity contribution is 0.341. The van der Waals surface area contributed by atoms with Crippen LogP contribution >= 0.6 is 0 Å². The van der Waals surface area contributed by atoms with Gasteiger partial charge in [0.1, 0.15) is 5.82 Å². The molecule has 0 bridgehead atoms. The summed E-state index contributed by atoms with van der Waals surface area (Å²) >= 11 is 0. The zero-order chi connectivity index (χ0) is 13.4. The van der Waals surface area contributed by atoms with Gasteiger partial charge in [0.05, 0.1) is 5.69 Å². The van der Waals surface area contributed by atoms with E-state index in [1.54, 1.807) is 6.07 Å². The second kappa shape index (κ2) is 5.12. The van der Waals surface area contributed by atoms with Crippen LogP contribution in [0.15, 0.2) is 18.2 Å². The van der Waals surface area contributed by atoms with E-state index in [1.165, 1.54) is 32.1 Å². The molecule has 2 N–H and O–H groups in total. The zero-order valence-electron chi connectivity index (χ0n) is 11.6. The van der Waals surface area contributed by atoms with Crippen LogP contribution in [0.2, 0.25) is 0 Å². The molecule has 0 aromatic heterocycles. The molecular formula is C16H23FN2. The van der Waals surface area contributed by atoms with Crippen molar-refractivity contribution in [1.82, 2.24) is 0 Å². The number of fused-ring (bicyclic) bond motifs is 1. The summed E-state index contributed by atoms with van der Waals surface area (Å²) in [4.78, 5) is 2.30. The normalized spacial score (nSPS) is 28.3. The van der Waals surface area contributed by atoms with Crippen LogP contribution in [0.3, 0.4) is 0 Å². The number of hydrogen-bond donors (Lipinski definition) is 1. The smallest absolute Gasteiger partial charge is 0.146 e. The molecule has 1 aromatic rings. The summed E-state index contributed by atoms with van der Waals surface area (Å²) in [5.74, 6) is 0.669. The fourth-order valence-electron chi connectivity index (χ4n) is 3.74. The average molecular weight is 262 g/mol. The van der Waals surface area contributed by atoms with Gasteiger partial charge in [-0.15, -0.1) is 0 Å². The van der Waals surface area contributed by atoms with Crippen LogP contribution in [0.4, 0.5) is 10.1 Å².